The summed E-state index contributed by atoms with van der Waals surface area (Å²) in [4.78, 5) is 1.30. The van der Waals surface area contributed by atoms with Gasteiger partial charge in [-0.3, -0.25) is 0 Å². The van der Waals surface area contributed by atoms with Crippen LogP contribution >= 0.6 is 11.8 Å². The third-order valence-electron chi connectivity index (χ3n) is 1.55. The van der Waals surface area contributed by atoms with Gasteiger partial charge in [-0.2, -0.15) is 0 Å². The lowest BCUT2D eigenvalue weighted by atomic mass is 10.2. The fourth-order valence-corrected chi connectivity index (χ4v) is 1.56. The van der Waals surface area contributed by atoms with Crippen LogP contribution in [0.2, 0.25) is 0 Å². The normalized spacial score (nSPS) is 10.4. The first kappa shape index (κ1) is 9.14. The van der Waals surface area contributed by atoms with E-state index in [1.807, 2.05) is 12.1 Å². The van der Waals surface area contributed by atoms with E-state index in [-0.39, 0.29) is 0 Å². The molecule has 0 unspecified atom stereocenters. The molecular weight excluding hydrogens is 164 g/mol. The first-order valence-corrected chi connectivity index (χ1v) is 5.03. The zero-order chi connectivity index (χ0) is 8.81. The molecule has 0 aliphatic rings. The molecule has 0 N–H and O–H groups in total. The van der Waals surface area contributed by atoms with E-state index < -0.39 is 0 Å². The maximum atomic E-state index is 3.64. The van der Waals surface area contributed by atoms with Crippen molar-refractivity contribution in [1.29, 1.82) is 0 Å². The molecule has 0 nitrogen and oxygen atoms in total. The van der Waals surface area contributed by atoms with Gasteiger partial charge in [0.1, 0.15) is 0 Å². The van der Waals surface area contributed by atoms with E-state index in [4.69, 9.17) is 0 Å². The fourth-order valence-electron chi connectivity index (χ4n) is 0.976. The van der Waals surface area contributed by atoms with Crippen molar-refractivity contribution in [2.45, 2.75) is 4.90 Å². The molecular formula is C11H12S. The molecule has 1 aromatic rings. The minimum atomic E-state index is 1.25. The zero-order valence-corrected chi connectivity index (χ0v) is 7.97. The molecule has 1 rings (SSSR count). The summed E-state index contributed by atoms with van der Waals surface area (Å²) in [5.41, 5.74) is 1.25. The summed E-state index contributed by atoms with van der Waals surface area (Å²) in [6, 6.07) is 8.32. The molecule has 1 heteroatoms. The lowest BCUT2D eigenvalue weighted by molar-refractivity contribution is 1.43. The lowest BCUT2D eigenvalue weighted by Gasteiger charge is -1.99. The highest BCUT2D eigenvalue weighted by atomic mass is 32.2. The van der Waals surface area contributed by atoms with Gasteiger partial charge in [-0.25, -0.2) is 0 Å². The molecule has 0 bridgehead atoms. The SMILES string of the molecule is C=C/C=C/c1ccccc1SC. The molecule has 0 aliphatic heterocycles. The first-order chi connectivity index (χ1) is 5.88. The van der Waals surface area contributed by atoms with Gasteiger partial charge in [-0.15, -0.1) is 11.8 Å². The Balaban J connectivity index is 2.96. The molecule has 62 valence electrons. The Morgan fingerprint density at radius 2 is 2.08 bits per heavy atom. The van der Waals surface area contributed by atoms with Crippen molar-refractivity contribution in [3.8, 4) is 0 Å². The summed E-state index contributed by atoms with van der Waals surface area (Å²) < 4.78 is 0. The lowest BCUT2D eigenvalue weighted by Crippen LogP contribution is -1.75. The molecule has 0 saturated carbocycles. The van der Waals surface area contributed by atoms with Crippen LogP contribution in [-0.2, 0) is 0 Å². The second kappa shape index (κ2) is 4.83. The van der Waals surface area contributed by atoms with Gasteiger partial charge in [0.05, 0.1) is 0 Å². The van der Waals surface area contributed by atoms with Gasteiger partial charge >= 0.3 is 0 Å². The Bertz CT molecular complexity index is 287. The average Bonchev–Trinajstić information content (AvgIpc) is 2.15. The zero-order valence-electron chi connectivity index (χ0n) is 7.16. The molecule has 0 amide bonds. The Morgan fingerprint density at radius 1 is 1.33 bits per heavy atom. The minimum Gasteiger partial charge on any atom is -0.129 e. The predicted molar refractivity (Wildman–Crippen MR) is 57.5 cm³/mol. The van der Waals surface area contributed by atoms with Crippen molar-refractivity contribution in [3.05, 3.63) is 48.6 Å². The van der Waals surface area contributed by atoms with Crippen molar-refractivity contribution in [2.24, 2.45) is 0 Å². The van der Waals surface area contributed by atoms with E-state index in [0.717, 1.165) is 0 Å². The largest absolute Gasteiger partial charge is 0.129 e. The Hall–Kier alpha value is -0.950. The van der Waals surface area contributed by atoms with Gasteiger partial charge in [0, 0.05) is 4.90 Å². The minimum absolute atomic E-state index is 1.25. The van der Waals surface area contributed by atoms with Crippen LogP contribution in [-0.4, -0.2) is 6.26 Å². The van der Waals surface area contributed by atoms with E-state index in [1.165, 1.54) is 10.5 Å². The number of hydrogen-bond acceptors (Lipinski definition) is 1. The maximum Gasteiger partial charge on any atom is 0.0142 e. The monoisotopic (exact) mass is 176 g/mol. The van der Waals surface area contributed by atoms with E-state index in [9.17, 15) is 0 Å². The smallest absolute Gasteiger partial charge is 0.0142 e. The standard InChI is InChI=1S/C11H12S/c1-3-4-7-10-8-5-6-9-11(10)12-2/h3-9H,1H2,2H3/b7-4+. The van der Waals surface area contributed by atoms with E-state index in [1.54, 1.807) is 17.8 Å². The van der Waals surface area contributed by atoms with Gasteiger partial charge in [0.2, 0.25) is 0 Å². The highest BCUT2D eigenvalue weighted by molar-refractivity contribution is 7.98. The van der Waals surface area contributed by atoms with Crippen LogP contribution in [0.3, 0.4) is 0 Å². The van der Waals surface area contributed by atoms with Gasteiger partial charge in [-0.1, -0.05) is 43.0 Å². The second-order valence-corrected chi connectivity index (χ2v) is 3.18. The quantitative estimate of drug-likeness (QED) is 0.501. The van der Waals surface area contributed by atoms with Crippen LogP contribution in [0.15, 0.2) is 47.9 Å². The molecule has 1 aromatic carbocycles. The summed E-state index contributed by atoms with van der Waals surface area (Å²) in [5, 5.41) is 0. The molecule has 0 fully saturated rings. The second-order valence-electron chi connectivity index (χ2n) is 2.34. The third kappa shape index (κ3) is 2.28. The van der Waals surface area contributed by atoms with Gasteiger partial charge in [0.25, 0.3) is 0 Å². The molecule has 0 aromatic heterocycles. The average molecular weight is 176 g/mol. The summed E-state index contributed by atoms with van der Waals surface area (Å²) in [7, 11) is 0. The molecule has 0 saturated heterocycles. The number of benzene rings is 1. The van der Waals surface area contributed by atoms with Crippen molar-refractivity contribution in [2.75, 3.05) is 6.26 Å². The number of thioether (sulfide) groups is 1. The topological polar surface area (TPSA) is 0 Å². The first-order valence-electron chi connectivity index (χ1n) is 3.80. The van der Waals surface area contributed by atoms with Crippen LogP contribution < -0.4 is 0 Å². The Kier molecular flexibility index (Phi) is 3.68. The van der Waals surface area contributed by atoms with E-state index in [0.29, 0.717) is 0 Å². The van der Waals surface area contributed by atoms with Crippen molar-refractivity contribution in [1.82, 2.24) is 0 Å². The van der Waals surface area contributed by atoms with Crippen LogP contribution in [0.5, 0.6) is 0 Å². The van der Waals surface area contributed by atoms with Crippen LogP contribution in [0, 0.1) is 0 Å². The van der Waals surface area contributed by atoms with Crippen molar-refractivity contribution in [3.63, 3.8) is 0 Å². The van der Waals surface area contributed by atoms with Gasteiger partial charge in [0.15, 0.2) is 0 Å². The third-order valence-corrected chi connectivity index (χ3v) is 2.36. The van der Waals surface area contributed by atoms with Gasteiger partial charge < -0.3 is 0 Å². The summed E-state index contributed by atoms with van der Waals surface area (Å²) in [6.45, 7) is 3.64. The number of rotatable bonds is 3. The fraction of sp³-hybridized carbons (Fsp3) is 0.0909. The van der Waals surface area contributed by atoms with Crippen molar-refractivity contribution < 1.29 is 0 Å². The van der Waals surface area contributed by atoms with Crippen LogP contribution in [0.25, 0.3) is 6.08 Å². The molecule has 0 aliphatic carbocycles. The highest BCUT2D eigenvalue weighted by Gasteiger charge is 1.93. The van der Waals surface area contributed by atoms with E-state index in [2.05, 4.69) is 37.1 Å². The number of allylic oxidation sites excluding steroid dienone is 2. The molecule has 0 radical (unpaired) electrons. The summed E-state index contributed by atoms with van der Waals surface area (Å²) in [6.07, 6.45) is 7.89. The molecule has 12 heavy (non-hydrogen) atoms. The molecule has 0 atom stereocenters. The van der Waals surface area contributed by atoms with E-state index >= 15 is 0 Å². The molecule has 0 heterocycles. The summed E-state index contributed by atoms with van der Waals surface area (Å²) >= 11 is 1.76. The van der Waals surface area contributed by atoms with Crippen LogP contribution in [0.4, 0.5) is 0 Å². The van der Waals surface area contributed by atoms with Crippen molar-refractivity contribution >= 4 is 17.8 Å². The summed E-state index contributed by atoms with van der Waals surface area (Å²) in [5.74, 6) is 0. The highest BCUT2D eigenvalue weighted by Crippen LogP contribution is 2.20. The Labute approximate surface area is 78.0 Å². The Morgan fingerprint density at radius 3 is 2.75 bits per heavy atom. The predicted octanol–water partition coefficient (Wildman–Crippen LogP) is 3.61. The van der Waals surface area contributed by atoms with Crippen LogP contribution in [0.1, 0.15) is 5.56 Å². The number of hydrogen-bond donors (Lipinski definition) is 0. The maximum absolute atomic E-state index is 3.64. The molecule has 0 spiro atoms. The van der Waals surface area contributed by atoms with Gasteiger partial charge in [-0.05, 0) is 17.9 Å².